The van der Waals surface area contributed by atoms with Gasteiger partial charge in [0.2, 0.25) is 3.79 Å². The molecule has 0 bridgehead atoms. The van der Waals surface area contributed by atoms with Crippen LogP contribution in [0.2, 0.25) is 10.0 Å². The van der Waals surface area contributed by atoms with Gasteiger partial charge in [0, 0.05) is 10.7 Å². The second-order valence-electron chi connectivity index (χ2n) is 6.32. The predicted octanol–water partition coefficient (Wildman–Crippen LogP) is 5.79. The number of anilines is 1. The van der Waals surface area contributed by atoms with Crippen molar-refractivity contribution in [1.29, 1.82) is 0 Å². The smallest absolute Gasteiger partial charge is 0.259 e. The maximum absolute atomic E-state index is 12.3. The largest absolute Gasteiger partial charge is 0.482 e. The molecule has 0 saturated carbocycles. The Labute approximate surface area is 205 Å². The molecule has 0 fully saturated rings. The number of ether oxygens (including phenoxy) is 1. The monoisotopic (exact) mass is 527 g/mol. The van der Waals surface area contributed by atoms with Crippen LogP contribution >= 0.6 is 70.2 Å². The van der Waals surface area contributed by atoms with E-state index in [1.807, 2.05) is 32.0 Å². The Bertz CT molecular complexity index is 937. The Morgan fingerprint density at radius 1 is 1.10 bits per heavy atom. The summed E-state index contributed by atoms with van der Waals surface area (Å²) in [5.41, 5.74) is 2.82. The lowest BCUT2D eigenvalue weighted by Gasteiger charge is -2.28. The van der Waals surface area contributed by atoms with Crippen LogP contribution in [0, 0.1) is 13.8 Å². The summed E-state index contributed by atoms with van der Waals surface area (Å²) in [6.45, 7) is 3.52. The Hall–Kier alpha value is -1.15. The van der Waals surface area contributed by atoms with Gasteiger partial charge in [-0.25, -0.2) is 0 Å². The summed E-state index contributed by atoms with van der Waals surface area (Å²) < 4.78 is 3.50. The zero-order chi connectivity index (χ0) is 22.5. The summed E-state index contributed by atoms with van der Waals surface area (Å²) >= 11 is 35.1. The number of alkyl halides is 3. The second kappa shape index (κ2) is 10.9. The van der Waals surface area contributed by atoms with Gasteiger partial charge in [0.1, 0.15) is 11.9 Å². The molecule has 0 aliphatic carbocycles. The van der Waals surface area contributed by atoms with E-state index in [0.29, 0.717) is 10.8 Å². The Morgan fingerprint density at radius 2 is 1.80 bits per heavy atom. The molecule has 0 unspecified atom stereocenters. The van der Waals surface area contributed by atoms with E-state index in [1.54, 1.807) is 12.1 Å². The van der Waals surface area contributed by atoms with Crippen molar-refractivity contribution in [3.05, 3.63) is 57.6 Å². The predicted molar refractivity (Wildman–Crippen MR) is 129 cm³/mol. The summed E-state index contributed by atoms with van der Waals surface area (Å²) in [7, 11) is 0. The van der Waals surface area contributed by atoms with Crippen LogP contribution in [0.1, 0.15) is 11.1 Å². The zero-order valence-electron chi connectivity index (χ0n) is 15.9. The van der Waals surface area contributed by atoms with E-state index in [9.17, 15) is 4.79 Å². The fourth-order valence-electron chi connectivity index (χ4n) is 2.30. The van der Waals surface area contributed by atoms with Gasteiger partial charge in [-0.15, -0.1) is 0 Å². The van der Waals surface area contributed by atoms with Gasteiger partial charge in [0.05, 0.1) is 5.02 Å². The first-order valence-corrected chi connectivity index (χ1v) is 10.8. The average molecular weight is 530 g/mol. The molecule has 162 valence electrons. The first-order chi connectivity index (χ1) is 14.0. The third-order valence-electron chi connectivity index (χ3n) is 3.80. The number of halogens is 5. The highest BCUT2D eigenvalue weighted by Gasteiger charge is 2.34. The number of hydrogen-bond acceptors (Lipinski definition) is 3. The Morgan fingerprint density at radius 3 is 2.43 bits per heavy atom. The van der Waals surface area contributed by atoms with Crippen LogP contribution in [-0.2, 0) is 4.79 Å². The highest BCUT2D eigenvalue weighted by atomic mass is 35.6. The molecule has 5 nitrogen and oxygen atoms in total. The number of carbonyl (C=O) groups excluding carboxylic acids is 1. The summed E-state index contributed by atoms with van der Waals surface area (Å²) in [5, 5.41) is 9.24. The van der Waals surface area contributed by atoms with Gasteiger partial charge in [-0.05, 0) is 61.5 Å². The second-order valence-corrected chi connectivity index (χ2v) is 9.94. The van der Waals surface area contributed by atoms with Crippen LogP contribution in [0.4, 0.5) is 5.69 Å². The first-order valence-electron chi connectivity index (χ1n) is 8.54. The minimum atomic E-state index is -1.89. The van der Waals surface area contributed by atoms with Gasteiger partial charge >= 0.3 is 0 Å². The normalized spacial score (nSPS) is 12.1. The zero-order valence-corrected chi connectivity index (χ0v) is 20.5. The summed E-state index contributed by atoms with van der Waals surface area (Å²) in [5.74, 6) is -0.263. The quantitative estimate of drug-likeness (QED) is 0.251. The van der Waals surface area contributed by atoms with E-state index < -0.39 is 15.9 Å². The number of rotatable bonds is 6. The summed E-state index contributed by atoms with van der Waals surface area (Å²) in [6, 6.07) is 10.5. The third-order valence-corrected chi connectivity index (χ3v) is 5.21. The van der Waals surface area contributed by atoms with Crippen molar-refractivity contribution in [3.8, 4) is 5.75 Å². The molecule has 0 aliphatic rings. The molecule has 0 radical (unpaired) electrons. The molecule has 11 heteroatoms. The summed E-state index contributed by atoms with van der Waals surface area (Å²) in [6.07, 6.45) is -1.12. The van der Waals surface area contributed by atoms with Gasteiger partial charge in [0.15, 0.2) is 11.7 Å². The van der Waals surface area contributed by atoms with Gasteiger partial charge in [-0.2, -0.15) is 0 Å². The number of thiocarbonyl (C=S) groups is 1. The minimum Gasteiger partial charge on any atom is -0.482 e. The molecule has 0 heterocycles. The number of benzene rings is 2. The van der Waals surface area contributed by atoms with E-state index in [2.05, 4.69) is 16.0 Å². The molecule has 0 aromatic heterocycles. The molecule has 0 saturated heterocycles. The van der Waals surface area contributed by atoms with E-state index in [0.717, 1.165) is 16.8 Å². The Kier molecular flexibility index (Phi) is 9.15. The molecule has 2 aromatic carbocycles. The van der Waals surface area contributed by atoms with Gasteiger partial charge in [0.25, 0.3) is 5.91 Å². The van der Waals surface area contributed by atoms with E-state index >= 15 is 0 Å². The number of hydrogen-bond donors (Lipinski definition) is 3. The Balaban J connectivity index is 1.98. The highest BCUT2D eigenvalue weighted by molar-refractivity contribution is 7.80. The van der Waals surface area contributed by atoms with Crippen LogP contribution in [0.25, 0.3) is 0 Å². The lowest BCUT2D eigenvalue weighted by Crippen LogP contribution is -2.57. The lowest BCUT2D eigenvalue weighted by molar-refractivity contribution is -0.123. The number of carbonyl (C=O) groups is 1. The molecule has 2 rings (SSSR count). The van der Waals surface area contributed by atoms with Crippen LogP contribution in [0.15, 0.2) is 36.4 Å². The standard InChI is InChI=1S/C19H18Cl5N3O2S/c1-10-3-4-11(2)14(7-10)25-18(30)27-17(19(22,23)24)26-16(28)9-29-15-6-5-12(20)8-13(15)21/h3-8,17H,9H2,1-2H3,(H,26,28)(H2,25,27,30)/t17-/m0/s1. The average Bonchev–Trinajstić information content (AvgIpc) is 2.62. The van der Waals surface area contributed by atoms with Crippen molar-refractivity contribution < 1.29 is 9.53 Å². The molecule has 0 aliphatic heterocycles. The molecule has 1 amide bonds. The maximum atomic E-state index is 12.3. The van der Waals surface area contributed by atoms with Gasteiger partial charge in [-0.3, -0.25) is 4.79 Å². The van der Waals surface area contributed by atoms with Crippen LogP contribution < -0.4 is 20.7 Å². The number of amides is 1. The minimum absolute atomic E-state index is 0.169. The molecular formula is C19H18Cl5N3O2S. The van der Waals surface area contributed by atoms with Gasteiger partial charge in [-0.1, -0.05) is 70.1 Å². The topological polar surface area (TPSA) is 62.4 Å². The number of aryl methyl sites for hydroxylation is 2. The van der Waals surface area contributed by atoms with E-state index in [-0.39, 0.29) is 16.7 Å². The van der Waals surface area contributed by atoms with Crippen LogP contribution in [0.3, 0.4) is 0 Å². The fraction of sp³-hybridized carbons (Fsp3) is 0.263. The van der Waals surface area contributed by atoms with Crippen molar-refractivity contribution in [1.82, 2.24) is 10.6 Å². The number of nitrogens with one attached hydrogen (secondary N) is 3. The fourth-order valence-corrected chi connectivity index (χ4v) is 3.32. The maximum Gasteiger partial charge on any atom is 0.259 e. The molecule has 0 spiro atoms. The van der Waals surface area contributed by atoms with Gasteiger partial charge < -0.3 is 20.7 Å². The van der Waals surface area contributed by atoms with Crippen molar-refractivity contribution in [2.24, 2.45) is 0 Å². The van der Waals surface area contributed by atoms with Crippen LogP contribution in [0.5, 0.6) is 5.75 Å². The van der Waals surface area contributed by atoms with Crippen molar-refractivity contribution in [2.45, 2.75) is 23.8 Å². The SMILES string of the molecule is Cc1ccc(C)c(NC(=S)N[C@H](NC(=O)COc2ccc(Cl)cc2Cl)C(Cl)(Cl)Cl)c1. The molecular weight excluding hydrogens is 512 g/mol. The van der Waals surface area contributed by atoms with Crippen molar-refractivity contribution >= 4 is 86.9 Å². The molecule has 3 N–H and O–H groups in total. The molecule has 2 aromatic rings. The lowest BCUT2D eigenvalue weighted by atomic mass is 10.1. The van der Waals surface area contributed by atoms with Crippen molar-refractivity contribution in [2.75, 3.05) is 11.9 Å². The molecule has 1 atom stereocenters. The third kappa shape index (κ3) is 7.84. The highest BCUT2D eigenvalue weighted by Crippen LogP contribution is 2.30. The van der Waals surface area contributed by atoms with Crippen LogP contribution in [-0.4, -0.2) is 27.6 Å². The van der Waals surface area contributed by atoms with Crippen molar-refractivity contribution in [3.63, 3.8) is 0 Å². The van der Waals surface area contributed by atoms with E-state index in [1.165, 1.54) is 6.07 Å². The van der Waals surface area contributed by atoms with E-state index in [4.69, 9.17) is 75.0 Å². The first kappa shape index (κ1) is 25.1. The molecule has 30 heavy (non-hydrogen) atoms. The summed E-state index contributed by atoms with van der Waals surface area (Å²) in [4.78, 5) is 12.3.